The lowest BCUT2D eigenvalue weighted by Gasteiger charge is -2.10. The molecule has 2 aromatic rings. The van der Waals surface area contributed by atoms with E-state index in [1.807, 2.05) is 48.5 Å². The second-order valence-corrected chi connectivity index (χ2v) is 4.47. The van der Waals surface area contributed by atoms with Crippen LogP contribution in [0.3, 0.4) is 0 Å². The third-order valence-corrected chi connectivity index (χ3v) is 3.04. The lowest BCUT2D eigenvalue weighted by molar-refractivity contribution is 0.415. The zero-order chi connectivity index (χ0) is 13.5. The van der Waals surface area contributed by atoms with Gasteiger partial charge < -0.3 is 15.4 Å². The Bertz CT molecular complexity index is 531. The van der Waals surface area contributed by atoms with E-state index in [0.29, 0.717) is 0 Å². The molecule has 0 aromatic heterocycles. The lowest BCUT2D eigenvalue weighted by atomic mass is 10.3. The maximum atomic E-state index is 6.06. The molecule has 19 heavy (non-hydrogen) atoms. The standard InChI is InChI=1S/C15H17ClN2O/c1-19-13-6-4-5-12(11-13)17-9-10-18-15-8-3-2-7-14(15)16/h2-8,11,17-18H,9-10H2,1H3. The second kappa shape index (κ2) is 6.90. The van der Waals surface area contributed by atoms with Gasteiger partial charge in [-0.05, 0) is 24.3 Å². The fourth-order valence-electron chi connectivity index (χ4n) is 1.74. The highest BCUT2D eigenvalue weighted by Crippen LogP contribution is 2.20. The van der Waals surface area contributed by atoms with E-state index in [9.17, 15) is 0 Å². The van der Waals surface area contributed by atoms with E-state index in [4.69, 9.17) is 16.3 Å². The number of hydrogen-bond donors (Lipinski definition) is 2. The fourth-order valence-corrected chi connectivity index (χ4v) is 1.94. The summed E-state index contributed by atoms with van der Waals surface area (Å²) in [7, 11) is 1.66. The first-order valence-corrected chi connectivity index (χ1v) is 6.54. The molecule has 4 heteroatoms. The number of para-hydroxylation sites is 1. The Balaban J connectivity index is 1.79. The molecule has 2 N–H and O–H groups in total. The summed E-state index contributed by atoms with van der Waals surface area (Å²) in [5.41, 5.74) is 2.00. The van der Waals surface area contributed by atoms with Gasteiger partial charge in [-0.1, -0.05) is 29.8 Å². The molecule has 2 aromatic carbocycles. The number of rotatable bonds is 6. The highest BCUT2D eigenvalue weighted by Gasteiger charge is 1.97. The molecule has 0 amide bonds. The van der Waals surface area contributed by atoms with Crippen LogP contribution in [0.25, 0.3) is 0 Å². The van der Waals surface area contributed by atoms with Crippen LogP contribution >= 0.6 is 11.6 Å². The normalized spacial score (nSPS) is 10.0. The van der Waals surface area contributed by atoms with Crippen molar-refractivity contribution < 1.29 is 4.74 Å². The quantitative estimate of drug-likeness (QED) is 0.786. The molecule has 100 valence electrons. The summed E-state index contributed by atoms with van der Waals surface area (Å²) < 4.78 is 5.17. The summed E-state index contributed by atoms with van der Waals surface area (Å²) in [6.07, 6.45) is 0. The summed E-state index contributed by atoms with van der Waals surface area (Å²) in [4.78, 5) is 0. The van der Waals surface area contributed by atoms with Crippen LogP contribution in [-0.4, -0.2) is 20.2 Å². The Kier molecular flexibility index (Phi) is 4.93. The minimum Gasteiger partial charge on any atom is -0.497 e. The molecular formula is C15H17ClN2O. The summed E-state index contributed by atoms with van der Waals surface area (Å²) in [6.45, 7) is 1.60. The summed E-state index contributed by atoms with van der Waals surface area (Å²) in [6, 6.07) is 15.6. The van der Waals surface area contributed by atoms with Gasteiger partial charge in [0.25, 0.3) is 0 Å². The molecule has 0 atom stereocenters. The van der Waals surface area contributed by atoms with Gasteiger partial charge in [0, 0.05) is 24.8 Å². The van der Waals surface area contributed by atoms with E-state index in [1.54, 1.807) is 7.11 Å². The van der Waals surface area contributed by atoms with Crippen molar-refractivity contribution in [3.8, 4) is 5.75 Å². The van der Waals surface area contributed by atoms with E-state index in [0.717, 1.165) is 35.2 Å². The van der Waals surface area contributed by atoms with Crippen molar-refractivity contribution in [3.63, 3.8) is 0 Å². The predicted molar refractivity (Wildman–Crippen MR) is 81.4 cm³/mol. The Morgan fingerprint density at radius 3 is 2.58 bits per heavy atom. The van der Waals surface area contributed by atoms with Crippen molar-refractivity contribution in [2.75, 3.05) is 30.8 Å². The molecular weight excluding hydrogens is 260 g/mol. The first-order valence-electron chi connectivity index (χ1n) is 6.16. The van der Waals surface area contributed by atoms with Gasteiger partial charge in [0.1, 0.15) is 5.75 Å². The van der Waals surface area contributed by atoms with E-state index < -0.39 is 0 Å². The average molecular weight is 277 g/mol. The van der Waals surface area contributed by atoms with Crippen molar-refractivity contribution in [2.45, 2.75) is 0 Å². The highest BCUT2D eigenvalue weighted by molar-refractivity contribution is 6.33. The van der Waals surface area contributed by atoms with Gasteiger partial charge >= 0.3 is 0 Å². The maximum Gasteiger partial charge on any atom is 0.120 e. The van der Waals surface area contributed by atoms with Gasteiger partial charge in [-0.3, -0.25) is 0 Å². The van der Waals surface area contributed by atoms with Crippen LogP contribution in [-0.2, 0) is 0 Å². The van der Waals surface area contributed by atoms with Crippen LogP contribution in [0, 0.1) is 0 Å². The lowest BCUT2D eigenvalue weighted by Crippen LogP contribution is -2.13. The molecule has 0 heterocycles. The molecule has 0 saturated carbocycles. The SMILES string of the molecule is COc1cccc(NCCNc2ccccc2Cl)c1. The number of methoxy groups -OCH3 is 1. The van der Waals surface area contributed by atoms with Gasteiger partial charge in [0.15, 0.2) is 0 Å². The van der Waals surface area contributed by atoms with Gasteiger partial charge in [0.05, 0.1) is 17.8 Å². The van der Waals surface area contributed by atoms with Gasteiger partial charge in [-0.2, -0.15) is 0 Å². The Labute approximate surface area is 118 Å². The van der Waals surface area contributed by atoms with E-state index in [-0.39, 0.29) is 0 Å². The molecule has 0 aliphatic heterocycles. The molecule has 2 rings (SSSR count). The number of ether oxygens (including phenoxy) is 1. The largest absolute Gasteiger partial charge is 0.497 e. The fraction of sp³-hybridized carbons (Fsp3) is 0.200. The van der Waals surface area contributed by atoms with Crippen LogP contribution in [0.15, 0.2) is 48.5 Å². The first-order chi connectivity index (χ1) is 9.29. The Morgan fingerprint density at radius 1 is 1.00 bits per heavy atom. The summed E-state index contributed by atoms with van der Waals surface area (Å²) >= 11 is 6.06. The van der Waals surface area contributed by atoms with E-state index in [2.05, 4.69) is 10.6 Å². The van der Waals surface area contributed by atoms with Crippen molar-refractivity contribution in [2.24, 2.45) is 0 Å². The molecule has 0 bridgehead atoms. The zero-order valence-electron chi connectivity index (χ0n) is 10.8. The molecule has 0 saturated heterocycles. The molecule has 0 radical (unpaired) electrons. The van der Waals surface area contributed by atoms with Crippen LogP contribution < -0.4 is 15.4 Å². The second-order valence-electron chi connectivity index (χ2n) is 4.07. The minimum atomic E-state index is 0.740. The van der Waals surface area contributed by atoms with Gasteiger partial charge in [0.2, 0.25) is 0 Å². The van der Waals surface area contributed by atoms with E-state index >= 15 is 0 Å². The van der Waals surface area contributed by atoms with Crippen LogP contribution in [0.1, 0.15) is 0 Å². The minimum absolute atomic E-state index is 0.740. The highest BCUT2D eigenvalue weighted by atomic mass is 35.5. The summed E-state index contributed by atoms with van der Waals surface area (Å²) in [5.74, 6) is 0.851. The molecule has 3 nitrogen and oxygen atoms in total. The maximum absolute atomic E-state index is 6.06. The van der Waals surface area contributed by atoms with Gasteiger partial charge in [-0.15, -0.1) is 0 Å². The zero-order valence-corrected chi connectivity index (χ0v) is 11.6. The number of hydrogen-bond acceptors (Lipinski definition) is 3. The molecule has 0 fully saturated rings. The molecule has 0 aliphatic carbocycles. The smallest absolute Gasteiger partial charge is 0.120 e. The van der Waals surface area contributed by atoms with Crippen LogP contribution in [0.2, 0.25) is 5.02 Å². The number of anilines is 2. The van der Waals surface area contributed by atoms with Gasteiger partial charge in [-0.25, -0.2) is 0 Å². The number of benzene rings is 2. The third kappa shape index (κ3) is 4.07. The van der Waals surface area contributed by atoms with Crippen LogP contribution in [0.4, 0.5) is 11.4 Å². The Hall–Kier alpha value is -1.87. The topological polar surface area (TPSA) is 33.3 Å². The van der Waals surface area contributed by atoms with Crippen LogP contribution in [0.5, 0.6) is 5.75 Å². The van der Waals surface area contributed by atoms with Crippen molar-refractivity contribution in [1.29, 1.82) is 0 Å². The molecule has 0 spiro atoms. The molecule has 0 unspecified atom stereocenters. The Morgan fingerprint density at radius 2 is 1.79 bits per heavy atom. The van der Waals surface area contributed by atoms with Crippen molar-refractivity contribution in [1.82, 2.24) is 0 Å². The predicted octanol–water partition coefficient (Wildman–Crippen LogP) is 3.87. The van der Waals surface area contributed by atoms with Crippen molar-refractivity contribution >= 4 is 23.0 Å². The van der Waals surface area contributed by atoms with Crippen molar-refractivity contribution in [3.05, 3.63) is 53.6 Å². The third-order valence-electron chi connectivity index (χ3n) is 2.71. The monoisotopic (exact) mass is 276 g/mol. The number of nitrogens with one attached hydrogen (secondary N) is 2. The number of halogens is 1. The molecule has 0 aliphatic rings. The first kappa shape index (κ1) is 13.6. The summed E-state index contributed by atoms with van der Waals surface area (Å²) in [5, 5.41) is 7.35. The van der Waals surface area contributed by atoms with E-state index in [1.165, 1.54) is 0 Å². The average Bonchev–Trinajstić information content (AvgIpc) is 2.45.